The number of nitrogens with zero attached hydrogens (tertiary/aromatic N) is 4. The Labute approximate surface area is 137 Å². The van der Waals surface area contributed by atoms with Gasteiger partial charge in [0.15, 0.2) is 5.82 Å². The van der Waals surface area contributed by atoms with Gasteiger partial charge in [-0.2, -0.15) is 5.10 Å². The summed E-state index contributed by atoms with van der Waals surface area (Å²) in [5.74, 6) is -0.503. The molecule has 3 rings (SSSR count). The minimum absolute atomic E-state index is 0.258. The lowest BCUT2D eigenvalue weighted by Gasteiger charge is -2.14. The van der Waals surface area contributed by atoms with Crippen molar-refractivity contribution in [3.8, 4) is 5.69 Å². The standard InChI is InChI=1S/C14H14FN5O2S/c1-9(23)17-5-11-6-19(14(21)22-11)10-2-3-13(12(15)4-10)20-8-16-7-18-20/h2-4,7-8,11H,5-6H2,1H3,(H,17,23)/t11-/m0/s1. The molecule has 1 fully saturated rings. The van der Waals surface area contributed by atoms with Gasteiger partial charge in [-0.1, -0.05) is 12.2 Å². The molecule has 1 aromatic heterocycles. The van der Waals surface area contributed by atoms with Crippen LogP contribution in [0.5, 0.6) is 0 Å². The van der Waals surface area contributed by atoms with Crippen LogP contribution in [0.25, 0.3) is 5.69 Å². The molecule has 1 aliphatic rings. The molecule has 0 saturated carbocycles. The lowest BCUT2D eigenvalue weighted by Crippen LogP contribution is -2.32. The highest BCUT2D eigenvalue weighted by Crippen LogP contribution is 2.25. The number of amides is 1. The van der Waals surface area contributed by atoms with Gasteiger partial charge in [0.2, 0.25) is 0 Å². The zero-order valence-corrected chi connectivity index (χ0v) is 13.1. The summed E-state index contributed by atoms with van der Waals surface area (Å²) in [6.45, 7) is 2.51. The number of ether oxygens (including phenoxy) is 1. The van der Waals surface area contributed by atoms with Crippen molar-refractivity contribution in [1.29, 1.82) is 0 Å². The zero-order valence-electron chi connectivity index (χ0n) is 12.3. The number of anilines is 1. The van der Waals surface area contributed by atoms with Gasteiger partial charge >= 0.3 is 6.09 Å². The van der Waals surface area contributed by atoms with Gasteiger partial charge in [0, 0.05) is 0 Å². The summed E-state index contributed by atoms with van der Waals surface area (Å²) < 4.78 is 20.8. The number of thiocarbonyl (C=S) groups is 1. The van der Waals surface area contributed by atoms with E-state index in [1.165, 1.54) is 28.3 Å². The molecule has 1 saturated heterocycles. The summed E-state index contributed by atoms with van der Waals surface area (Å²) in [5.41, 5.74) is 0.686. The molecule has 2 heterocycles. The van der Waals surface area contributed by atoms with Crippen molar-refractivity contribution in [2.24, 2.45) is 0 Å². The van der Waals surface area contributed by atoms with Crippen LogP contribution in [0.4, 0.5) is 14.9 Å². The number of nitrogens with one attached hydrogen (secondary N) is 1. The van der Waals surface area contributed by atoms with Crippen LogP contribution in [0.2, 0.25) is 0 Å². The second-order valence-electron chi connectivity index (χ2n) is 5.03. The Kier molecular flexibility index (Phi) is 4.20. The van der Waals surface area contributed by atoms with Gasteiger partial charge in [-0.15, -0.1) is 0 Å². The lowest BCUT2D eigenvalue weighted by atomic mass is 10.2. The van der Waals surface area contributed by atoms with E-state index in [4.69, 9.17) is 17.0 Å². The Morgan fingerprint density at radius 3 is 3.04 bits per heavy atom. The molecule has 23 heavy (non-hydrogen) atoms. The first-order valence-electron chi connectivity index (χ1n) is 6.91. The maximum Gasteiger partial charge on any atom is 0.414 e. The lowest BCUT2D eigenvalue weighted by molar-refractivity contribution is 0.143. The van der Waals surface area contributed by atoms with Crippen molar-refractivity contribution in [3.63, 3.8) is 0 Å². The Hall–Kier alpha value is -2.55. The molecule has 0 aliphatic carbocycles. The van der Waals surface area contributed by atoms with E-state index in [0.717, 1.165) is 0 Å². The van der Waals surface area contributed by atoms with Gasteiger partial charge in [0.05, 0.1) is 23.8 Å². The summed E-state index contributed by atoms with van der Waals surface area (Å²) in [4.78, 5) is 17.7. The van der Waals surface area contributed by atoms with Crippen LogP contribution >= 0.6 is 12.2 Å². The van der Waals surface area contributed by atoms with Crippen molar-refractivity contribution in [2.75, 3.05) is 18.0 Å². The number of aromatic nitrogens is 3. The molecule has 0 unspecified atom stereocenters. The predicted octanol–water partition coefficient (Wildman–Crippen LogP) is 1.67. The third-order valence-electron chi connectivity index (χ3n) is 3.36. The Bertz CT molecular complexity index is 737. The average Bonchev–Trinajstić information content (AvgIpc) is 3.14. The van der Waals surface area contributed by atoms with Crippen molar-refractivity contribution in [2.45, 2.75) is 13.0 Å². The minimum atomic E-state index is -0.508. The van der Waals surface area contributed by atoms with Crippen LogP contribution in [0.3, 0.4) is 0 Å². The molecule has 1 aliphatic heterocycles. The highest BCUT2D eigenvalue weighted by molar-refractivity contribution is 7.80. The zero-order chi connectivity index (χ0) is 16.4. The van der Waals surface area contributed by atoms with Crippen molar-refractivity contribution in [1.82, 2.24) is 20.1 Å². The minimum Gasteiger partial charge on any atom is -0.442 e. The molecular formula is C14H14FN5O2S. The summed E-state index contributed by atoms with van der Waals surface area (Å²) in [7, 11) is 0. The van der Waals surface area contributed by atoms with Crippen molar-refractivity contribution < 1.29 is 13.9 Å². The first-order valence-corrected chi connectivity index (χ1v) is 7.32. The van der Waals surface area contributed by atoms with Crippen LogP contribution in [0.15, 0.2) is 30.9 Å². The molecule has 1 aromatic carbocycles. The highest BCUT2D eigenvalue weighted by Gasteiger charge is 2.32. The van der Waals surface area contributed by atoms with Gasteiger partial charge in [-0.05, 0) is 25.1 Å². The molecule has 0 bridgehead atoms. The van der Waals surface area contributed by atoms with Gasteiger partial charge in [0.25, 0.3) is 0 Å². The number of benzene rings is 1. The number of hydrogen-bond donors (Lipinski definition) is 1. The van der Waals surface area contributed by atoms with Gasteiger partial charge in [-0.3, -0.25) is 4.90 Å². The molecule has 1 amide bonds. The fraction of sp³-hybridized carbons (Fsp3) is 0.286. The Balaban J connectivity index is 1.76. The van der Waals surface area contributed by atoms with E-state index in [2.05, 4.69) is 15.4 Å². The monoisotopic (exact) mass is 335 g/mol. The van der Waals surface area contributed by atoms with E-state index in [1.807, 2.05) is 0 Å². The van der Waals surface area contributed by atoms with E-state index < -0.39 is 11.9 Å². The summed E-state index contributed by atoms with van der Waals surface area (Å²) in [5, 5.41) is 6.84. The second-order valence-corrected chi connectivity index (χ2v) is 5.64. The topological polar surface area (TPSA) is 72.3 Å². The SMILES string of the molecule is CC(=S)NC[C@H]1CN(c2ccc(-n3cncn3)c(F)c2)C(=O)O1. The maximum absolute atomic E-state index is 14.2. The highest BCUT2D eigenvalue weighted by atomic mass is 32.1. The quantitative estimate of drug-likeness (QED) is 0.857. The molecule has 1 atom stereocenters. The van der Waals surface area contributed by atoms with E-state index in [9.17, 15) is 9.18 Å². The Morgan fingerprint density at radius 1 is 1.57 bits per heavy atom. The molecule has 0 spiro atoms. The molecular weight excluding hydrogens is 321 g/mol. The number of rotatable bonds is 4. The van der Waals surface area contributed by atoms with Gasteiger partial charge in [0.1, 0.15) is 24.4 Å². The van der Waals surface area contributed by atoms with E-state index in [-0.39, 0.29) is 11.8 Å². The molecule has 7 nitrogen and oxygen atoms in total. The second kappa shape index (κ2) is 6.29. The van der Waals surface area contributed by atoms with E-state index >= 15 is 0 Å². The fourth-order valence-corrected chi connectivity index (χ4v) is 2.36. The Morgan fingerprint density at radius 2 is 2.39 bits per heavy atom. The van der Waals surface area contributed by atoms with Gasteiger partial charge in [-0.25, -0.2) is 18.9 Å². The van der Waals surface area contributed by atoms with Crippen LogP contribution < -0.4 is 10.2 Å². The van der Waals surface area contributed by atoms with Crippen LogP contribution in [0.1, 0.15) is 6.92 Å². The van der Waals surface area contributed by atoms with Gasteiger partial charge < -0.3 is 10.1 Å². The average molecular weight is 335 g/mol. The molecule has 2 aromatic rings. The number of hydrogen-bond acceptors (Lipinski definition) is 5. The summed E-state index contributed by atoms with van der Waals surface area (Å²) in [6, 6.07) is 4.46. The number of cyclic esters (lactones) is 1. The largest absolute Gasteiger partial charge is 0.442 e. The maximum atomic E-state index is 14.2. The smallest absolute Gasteiger partial charge is 0.414 e. The summed E-state index contributed by atoms with van der Waals surface area (Å²) >= 11 is 4.92. The fourth-order valence-electron chi connectivity index (χ4n) is 2.28. The third kappa shape index (κ3) is 3.29. The molecule has 0 radical (unpaired) electrons. The summed E-state index contributed by atoms with van der Waals surface area (Å²) in [6.07, 6.45) is 1.88. The first kappa shape index (κ1) is 15.3. The van der Waals surface area contributed by atoms with Crippen LogP contribution in [-0.2, 0) is 4.74 Å². The molecule has 1 N–H and O–H groups in total. The number of carbonyl (C=O) groups is 1. The van der Waals surface area contributed by atoms with Crippen LogP contribution in [-0.4, -0.2) is 45.0 Å². The van der Waals surface area contributed by atoms with Crippen LogP contribution in [0, 0.1) is 5.82 Å². The van der Waals surface area contributed by atoms with E-state index in [0.29, 0.717) is 23.8 Å². The van der Waals surface area contributed by atoms with Crippen molar-refractivity contribution in [3.05, 3.63) is 36.7 Å². The third-order valence-corrected chi connectivity index (χ3v) is 3.51. The number of carbonyl (C=O) groups excluding carboxylic acids is 1. The normalized spacial score (nSPS) is 17.2. The molecule has 9 heteroatoms. The predicted molar refractivity (Wildman–Crippen MR) is 85.2 cm³/mol. The molecule has 120 valence electrons. The van der Waals surface area contributed by atoms with E-state index in [1.54, 1.807) is 19.1 Å². The number of halogens is 1. The van der Waals surface area contributed by atoms with Crippen molar-refractivity contribution >= 4 is 29.0 Å². The first-order chi connectivity index (χ1) is 11.0.